The van der Waals surface area contributed by atoms with Gasteiger partial charge in [0, 0.05) is 17.8 Å². The zero-order valence-electron chi connectivity index (χ0n) is 19.4. The van der Waals surface area contributed by atoms with E-state index in [1.807, 2.05) is 43.3 Å². The lowest BCUT2D eigenvalue weighted by Crippen LogP contribution is -2.41. The van der Waals surface area contributed by atoms with E-state index in [0.717, 1.165) is 11.4 Å². The maximum atomic E-state index is 13.5. The first-order valence-corrected chi connectivity index (χ1v) is 11.2. The van der Waals surface area contributed by atoms with E-state index in [2.05, 4.69) is 31.4 Å². The molecule has 1 aromatic rings. The number of nitrogens with zero attached hydrogens (tertiary/aromatic N) is 2. The molecule has 0 radical (unpaired) electrons. The molecule has 1 unspecified atom stereocenters. The van der Waals surface area contributed by atoms with E-state index in [4.69, 9.17) is 5.26 Å². The van der Waals surface area contributed by atoms with Crippen molar-refractivity contribution in [3.63, 3.8) is 0 Å². The molecule has 1 saturated heterocycles. The average molecular weight is 441 g/mol. The molecule has 1 aliphatic carbocycles. The lowest BCUT2D eigenvalue weighted by Gasteiger charge is -2.32. The molecule has 7 heteroatoms. The summed E-state index contributed by atoms with van der Waals surface area (Å²) in [6.07, 6.45) is 2.77. The van der Waals surface area contributed by atoms with Gasteiger partial charge in [0.2, 0.25) is 11.8 Å². The van der Waals surface area contributed by atoms with Crippen LogP contribution in [0.2, 0.25) is 0 Å². The first-order valence-electron chi connectivity index (χ1n) is 11.2. The summed E-state index contributed by atoms with van der Waals surface area (Å²) in [5, 5.41) is 15.2. The van der Waals surface area contributed by atoms with Gasteiger partial charge in [0.25, 0.3) is 0 Å². The van der Waals surface area contributed by atoms with Crippen molar-refractivity contribution in [2.24, 2.45) is 5.41 Å². The molecule has 0 saturated carbocycles. The predicted molar refractivity (Wildman–Crippen MR) is 122 cm³/mol. The topological polar surface area (TPSA) is 85.2 Å². The molecule has 32 heavy (non-hydrogen) atoms. The molecule has 1 aliphatic heterocycles. The predicted octanol–water partition coefficient (Wildman–Crippen LogP) is 4.05. The van der Waals surface area contributed by atoms with Crippen molar-refractivity contribution >= 4 is 17.5 Å². The van der Waals surface area contributed by atoms with E-state index in [0.29, 0.717) is 19.3 Å². The van der Waals surface area contributed by atoms with Gasteiger partial charge < -0.3 is 15.5 Å². The van der Waals surface area contributed by atoms with Crippen LogP contribution in [0, 0.1) is 16.7 Å². The van der Waals surface area contributed by atoms with Gasteiger partial charge in [-0.15, -0.1) is 0 Å². The summed E-state index contributed by atoms with van der Waals surface area (Å²) in [6.45, 7) is 8.42. The minimum atomic E-state index is -1.14. The van der Waals surface area contributed by atoms with Crippen LogP contribution in [-0.2, 0) is 15.0 Å². The number of nitrogens with one attached hydrogen (secondary N) is 2. The fourth-order valence-corrected chi connectivity index (χ4v) is 4.14. The number of hydrogen-bond donors (Lipinski definition) is 2. The third-order valence-electron chi connectivity index (χ3n) is 6.49. The number of carbonyl (C=O) groups is 2. The van der Waals surface area contributed by atoms with Crippen molar-refractivity contribution in [2.45, 2.75) is 71.0 Å². The van der Waals surface area contributed by atoms with E-state index in [-0.39, 0.29) is 36.7 Å². The lowest BCUT2D eigenvalue weighted by atomic mass is 9.77. The Hall–Kier alpha value is -2.88. The van der Waals surface area contributed by atoms with E-state index in [1.54, 1.807) is 0 Å². The third kappa shape index (κ3) is 5.48. The number of rotatable bonds is 5. The number of allylic oxidation sites excluding steroid dienone is 2. The molecule has 0 bridgehead atoms. The highest BCUT2D eigenvalue weighted by atomic mass is 19.1. The molecule has 1 aromatic carbocycles. The Bertz CT molecular complexity index is 929. The zero-order valence-corrected chi connectivity index (χ0v) is 19.4. The van der Waals surface area contributed by atoms with Crippen LogP contribution in [0.15, 0.2) is 36.0 Å². The van der Waals surface area contributed by atoms with Crippen LogP contribution >= 0.6 is 0 Å². The molecule has 3 rings (SSSR count). The molecule has 1 heterocycles. The molecule has 0 aromatic heterocycles. The van der Waals surface area contributed by atoms with Crippen LogP contribution in [0.4, 0.5) is 10.1 Å². The molecule has 2 amide bonds. The van der Waals surface area contributed by atoms with Crippen LogP contribution in [0.1, 0.15) is 58.9 Å². The van der Waals surface area contributed by atoms with Crippen LogP contribution in [0.25, 0.3) is 0 Å². The fraction of sp³-hybridized carbons (Fsp3) is 0.560. The minimum absolute atomic E-state index is 0.0182. The van der Waals surface area contributed by atoms with E-state index < -0.39 is 17.6 Å². The SMILES string of the molecule is CC1(C(=O)Nc2ccc(C(C)(C)C)cc2)CC=C(NCC(=O)N2C[C@@H](F)C[C@H]2C#N)CC1. The van der Waals surface area contributed by atoms with E-state index in [9.17, 15) is 14.0 Å². The second-order valence-corrected chi connectivity index (χ2v) is 10.2. The van der Waals surface area contributed by atoms with Gasteiger partial charge in [0.1, 0.15) is 12.2 Å². The van der Waals surface area contributed by atoms with E-state index >= 15 is 0 Å². The summed E-state index contributed by atoms with van der Waals surface area (Å²) in [5.74, 6) is -0.294. The summed E-state index contributed by atoms with van der Waals surface area (Å²) >= 11 is 0. The van der Waals surface area contributed by atoms with Crippen molar-refractivity contribution in [1.29, 1.82) is 5.26 Å². The Balaban J connectivity index is 1.52. The number of alkyl halides is 1. The molecule has 6 nitrogen and oxygen atoms in total. The summed E-state index contributed by atoms with van der Waals surface area (Å²) in [4.78, 5) is 26.6. The van der Waals surface area contributed by atoms with Gasteiger partial charge in [-0.3, -0.25) is 9.59 Å². The molecule has 1 fully saturated rings. The fourth-order valence-electron chi connectivity index (χ4n) is 4.14. The Kier molecular flexibility index (Phi) is 6.92. The largest absolute Gasteiger partial charge is 0.380 e. The minimum Gasteiger partial charge on any atom is -0.380 e. The first kappa shape index (κ1) is 23.8. The average Bonchev–Trinajstić information content (AvgIpc) is 3.14. The van der Waals surface area contributed by atoms with Gasteiger partial charge >= 0.3 is 0 Å². The van der Waals surface area contributed by atoms with E-state index in [1.165, 1.54) is 10.5 Å². The van der Waals surface area contributed by atoms with Gasteiger partial charge in [-0.2, -0.15) is 5.26 Å². The summed E-state index contributed by atoms with van der Waals surface area (Å²) in [5.41, 5.74) is 2.43. The lowest BCUT2D eigenvalue weighted by molar-refractivity contribution is -0.130. The Morgan fingerprint density at radius 2 is 1.97 bits per heavy atom. The van der Waals surface area contributed by atoms with Crippen LogP contribution in [0.5, 0.6) is 0 Å². The molecule has 2 N–H and O–H groups in total. The summed E-state index contributed by atoms with van der Waals surface area (Å²) in [6, 6.07) is 9.26. The molecular formula is C25H33FN4O2. The third-order valence-corrected chi connectivity index (χ3v) is 6.49. The smallest absolute Gasteiger partial charge is 0.243 e. The van der Waals surface area contributed by atoms with Gasteiger partial charge in [0.15, 0.2) is 0 Å². The number of nitriles is 1. The van der Waals surface area contributed by atoms with Crippen LogP contribution in [-0.4, -0.2) is 42.0 Å². The number of benzene rings is 1. The molecular weight excluding hydrogens is 407 g/mol. The highest BCUT2D eigenvalue weighted by Gasteiger charge is 2.36. The normalized spacial score (nSPS) is 25.6. The van der Waals surface area contributed by atoms with Crippen LogP contribution in [0.3, 0.4) is 0 Å². The van der Waals surface area contributed by atoms with Crippen molar-refractivity contribution in [1.82, 2.24) is 10.2 Å². The highest BCUT2D eigenvalue weighted by molar-refractivity contribution is 5.95. The number of hydrogen-bond acceptors (Lipinski definition) is 4. The second kappa shape index (κ2) is 9.32. The maximum absolute atomic E-state index is 13.5. The number of carbonyl (C=O) groups excluding carboxylic acids is 2. The molecule has 2 aliphatic rings. The highest BCUT2D eigenvalue weighted by Crippen LogP contribution is 2.36. The van der Waals surface area contributed by atoms with Gasteiger partial charge in [0.05, 0.1) is 24.6 Å². The summed E-state index contributed by atoms with van der Waals surface area (Å²) < 4.78 is 13.5. The Labute approximate surface area is 189 Å². The Morgan fingerprint density at radius 1 is 1.28 bits per heavy atom. The van der Waals surface area contributed by atoms with Crippen molar-refractivity contribution < 1.29 is 14.0 Å². The molecule has 0 spiro atoms. The van der Waals surface area contributed by atoms with Gasteiger partial charge in [-0.25, -0.2) is 4.39 Å². The van der Waals surface area contributed by atoms with Crippen molar-refractivity contribution in [3.8, 4) is 6.07 Å². The standard InChI is InChI=1S/C25H33FN4O2/c1-24(2,3)17-5-7-20(8-6-17)29-23(32)25(4)11-9-19(10-12-25)28-15-22(31)30-16-18(26)13-21(30)14-27/h5-9,18,21,28H,10-13,15-16H2,1-4H3,(H,29,32)/t18-,21-,25?/m0/s1. The van der Waals surface area contributed by atoms with Gasteiger partial charge in [-0.05, 0) is 42.4 Å². The quantitative estimate of drug-likeness (QED) is 0.723. The number of likely N-dealkylation sites (tertiary alicyclic amines) is 1. The summed E-state index contributed by atoms with van der Waals surface area (Å²) in [7, 11) is 0. The second-order valence-electron chi connectivity index (χ2n) is 10.2. The van der Waals surface area contributed by atoms with Gasteiger partial charge in [-0.1, -0.05) is 45.9 Å². The van der Waals surface area contributed by atoms with Crippen LogP contribution < -0.4 is 10.6 Å². The Morgan fingerprint density at radius 3 is 2.53 bits per heavy atom. The van der Waals surface area contributed by atoms with Crippen molar-refractivity contribution in [3.05, 3.63) is 41.6 Å². The maximum Gasteiger partial charge on any atom is 0.243 e. The molecule has 3 atom stereocenters. The zero-order chi connectivity index (χ0) is 23.5. The molecule has 172 valence electrons. The number of halogens is 1. The first-order chi connectivity index (χ1) is 15.0. The van der Waals surface area contributed by atoms with Crippen molar-refractivity contribution in [2.75, 3.05) is 18.4 Å². The number of anilines is 1. The number of amides is 2. The monoisotopic (exact) mass is 440 g/mol.